The van der Waals surface area contributed by atoms with Crippen LogP contribution in [0.2, 0.25) is 0 Å². The van der Waals surface area contributed by atoms with E-state index in [-0.39, 0.29) is 5.91 Å². The Hall–Kier alpha value is -2.49. The molecule has 0 bridgehead atoms. The maximum atomic E-state index is 12.3. The van der Waals surface area contributed by atoms with Crippen molar-refractivity contribution in [1.29, 1.82) is 0 Å². The minimum absolute atomic E-state index is 0.176. The summed E-state index contributed by atoms with van der Waals surface area (Å²) in [6.07, 6.45) is 4.52. The third-order valence-electron chi connectivity index (χ3n) is 4.43. The molecule has 4 heteroatoms. The molecule has 0 unspecified atom stereocenters. The lowest BCUT2D eigenvalue weighted by atomic mass is 10.2. The van der Waals surface area contributed by atoms with E-state index in [1.165, 1.54) is 12.8 Å². The van der Waals surface area contributed by atoms with Crippen molar-refractivity contribution in [2.24, 2.45) is 0 Å². The first-order valence-electron chi connectivity index (χ1n) is 8.91. The Labute approximate surface area is 149 Å². The lowest BCUT2D eigenvalue weighted by Gasteiger charge is -2.16. The Balaban J connectivity index is 1.51. The molecule has 1 fully saturated rings. The molecular weight excluding hydrogens is 314 g/mol. The number of hydrogen-bond donors (Lipinski definition) is 1. The molecule has 2 aromatic rings. The summed E-state index contributed by atoms with van der Waals surface area (Å²) in [4.78, 5) is 12.3. The molecule has 1 amide bonds. The molecule has 0 spiro atoms. The largest absolute Gasteiger partial charge is 0.490 e. The van der Waals surface area contributed by atoms with Crippen LogP contribution in [-0.4, -0.2) is 18.1 Å². The number of benzene rings is 2. The van der Waals surface area contributed by atoms with E-state index in [0.717, 1.165) is 29.8 Å². The van der Waals surface area contributed by atoms with Crippen molar-refractivity contribution in [1.82, 2.24) is 0 Å². The van der Waals surface area contributed by atoms with E-state index in [9.17, 15) is 4.79 Å². The van der Waals surface area contributed by atoms with Gasteiger partial charge in [0.1, 0.15) is 11.5 Å². The molecule has 2 aromatic carbocycles. The molecule has 1 atom stereocenters. The van der Waals surface area contributed by atoms with Crippen molar-refractivity contribution in [2.45, 2.75) is 51.7 Å². The van der Waals surface area contributed by atoms with Gasteiger partial charge >= 0.3 is 0 Å². The van der Waals surface area contributed by atoms with E-state index in [0.29, 0.717) is 11.9 Å². The van der Waals surface area contributed by atoms with Crippen molar-refractivity contribution in [3.05, 3.63) is 54.1 Å². The maximum Gasteiger partial charge on any atom is 0.265 e. The lowest BCUT2D eigenvalue weighted by molar-refractivity contribution is -0.122. The number of nitrogens with one attached hydrogen (secondary N) is 1. The van der Waals surface area contributed by atoms with Gasteiger partial charge in [-0.3, -0.25) is 4.79 Å². The van der Waals surface area contributed by atoms with E-state index in [2.05, 4.69) is 5.32 Å². The van der Waals surface area contributed by atoms with Gasteiger partial charge in [-0.25, -0.2) is 0 Å². The van der Waals surface area contributed by atoms with Gasteiger partial charge < -0.3 is 14.8 Å². The second-order valence-corrected chi connectivity index (χ2v) is 6.61. The molecule has 0 saturated heterocycles. The first-order chi connectivity index (χ1) is 12.1. The van der Waals surface area contributed by atoms with Gasteiger partial charge in [0.2, 0.25) is 0 Å². The van der Waals surface area contributed by atoms with E-state index in [1.807, 2.05) is 55.5 Å². The smallest absolute Gasteiger partial charge is 0.265 e. The summed E-state index contributed by atoms with van der Waals surface area (Å²) in [6.45, 7) is 3.76. The first-order valence-corrected chi connectivity index (χ1v) is 8.91. The summed E-state index contributed by atoms with van der Waals surface area (Å²) >= 11 is 0. The van der Waals surface area contributed by atoms with Crippen LogP contribution in [0.25, 0.3) is 0 Å². The molecule has 0 aliphatic heterocycles. The number of amides is 1. The van der Waals surface area contributed by atoms with Crippen molar-refractivity contribution in [2.75, 3.05) is 5.32 Å². The van der Waals surface area contributed by atoms with Crippen molar-refractivity contribution < 1.29 is 14.3 Å². The van der Waals surface area contributed by atoms with Crippen LogP contribution in [0.4, 0.5) is 5.69 Å². The van der Waals surface area contributed by atoms with Gasteiger partial charge in [-0.2, -0.15) is 0 Å². The van der Waals surface area contributed by atoms with Crippen LogP contribution in [0.1, 0.15) is 38.2 Å². The maximum absolute atomic E-state index is 12.3. The van der Waals surface area contributed by atoms with E-state index >= 15 is 0 Å². The van der Waals surface area contributed by atoms with Gasteiger partial charge in [0.25, 0.3) is 5.91 Å². The average molecular weight is 339 g/mol. The number of hydrogen-bond acceptors (Lipinski definition) is 3. The van der Waals surface area contributed by atoms with Crippen LogP contribution < -0.4 is 14.8 Å². The zero-order chi connectivity index (χ0) is 17.6. The highest BCUT2D eigenvalue weighted by atomic mass is 16.5. The third kappa shape index (κ3) is 4.99. The van der Waals surface area contributed by atoms with Crippen LogP contribution in [0.3, 0.4) is 0 Å². The second kappa shape index (κ2) is 8.06. The summed E-state index contributed by atoms with van der Waals surface area (Å²) in [5.74, 6) is 1.37. The van der Waals surface area contributed by atoms with Crippen LogP contribution in [-0.2, 0) is 4.79 Å². The third-order valence-corrected chi connectivity index (χ3v) is 4.43. The summed E-state index contributed by atoms with van der Waals surface area (Å²) in [6, 6.07) is 15.2. The highest BCUT2D eigenvalue weighted by Crippen LogP contribution is 2.25. The summed E-state index contributed by atoms with van der Waals surface area (Å²) < 4.78 is 11.6. The molecular formula is C21H25NO3. The second-order valence-electron chi connectivity index (χ2n) is 6.61. The SMILES string of the molecule is Cc1ccc(O[C@@H](C)C(=O)Nc2ccc(OC3CCCC3)cc2)cc1. The molecule has 0 radical (unpaired) electrons. The Morgan fingerprint density at radius 1 is 1.00 bits per heavy atom. The lowest BCUT2D eigenvalue weighted by Crippen LogP contribution is -2.30. The molecule has 4 nitrogen and oxygen atoms in total. The summed E-state index contributed by atoms with van der Waals surface area (Å²) in [5.41, 5.74) is 1.90. The Morgan fingerprint density at radius 2 is 1.60 bits per heavy atom. The Morgan fingerprint density at radius 3 is 2.24 bits per heavy atom. The normalized spacial score (nSPS) is 15.6. The monoisotopic (exact) mass is 339 g/mol. The van der Waals surface area contributed by atoms with Gasteiger partial charge in [-0.1, -0.05) is 17.7 Å². The van der Waals surface area contributed by atoms with Gasteiger partial charge in [0.15, 0.2) is 6.10 Å². The number of rotatable bonds is 6. The summed E-state index contributed by atoms with van der Waals surface area (Å²) in [5, 5.41) is 2.87. The standard InChI is InChI=1S/C21H25NO3/c1-15-7-11-19(12-8-15)24-16(2)21(23)22-17-9-13-20(14-10-17)25-18-5-3-4-6-18/h7-14,16,18H,3-6H2,1-2H3,(H,22,23)/t16-/m0/s1. The minimum atomic E-state index is -0.572. The van der Waals surface area contributed by atoms with Gasteiger partial charge in [-0.05, 0) is 75.9 Å². The van der Waals surface area contributed by atoms with Crippen molar-refractivity contribution in [3.63, 3.8) is 0 Å². The van der Waals surface area contributed by atoms with Crippen LogP contribution in [0.15, 0.2) is 48.5 Å². The van der Waals surface area contributed by atoms with Crippen LogP contribution in [0, 0.1) is 6.92 Å². The quantitative estimate of drug-likeness (QED) is 0.828. The fraction of sp³-hybridized carbons (Fsp3) is 0.381. The first kappa shape index (κ1) is 17.3. The molecule has 1 aliphatic rings. The molecule has 0 heterocycles. The number of aryl methyl sites for hydroxylation is 1. The van der Waals surface area contributed by atoms with Crippen LogP contribution in [0.5, 0.6) is 11.5 Å². The average Bonchev–Trinajstić information content (AvgIpc) is 3.11. The topological polar surface area (TPSA) is 47.6 Å². The number of carbonyl (C=O) groups excluding carboxylic acids is 1. The van der Waals surface area contributed by atoms with Crippen molar-refractivity contribution in [3.8, 4) is 11.5 Å². The highest BCUT2D eigenvalue weighted by Gasteiger charge is 2.17. The van der Waals surface area contributed by atoms with E-state index in [1.54, 1.807) is 6.92 Å². The zero-order valence-corrected chi connectivity index (χ0v) is 14.8. The van der Waals surface area contributed by atoms with E-state index < -0.39 is 6.10 Å². The Bertz CT molecular complexity index is 688. The molecule has 0 aromatic heterocycles. The fourth-order valence-electron chi connectivity index (χ4n) is 2.93. The van der Waals surface area contributed by atoms with Crippen LogP contribution >= 0.6 is 0 Å². The molecule has 1 aliphatic carbocycles. The van der Waals surface area contributed by atoms with Gasteiger partial charge in [0.05, 0.1) is 6.10 Å². The summed E-state index contributed by atoms with van der Waals surface area (Å²) in [7, 11) is 0. The highest BCUT2D eigenvalue weighted by molar-refractivity contribution is 5.94. The number of ether oxygens (including phenoxy) is 2. The predicted molar refractivity (Wildman–Crippen MR) is 99.2 cm³/mol. The van der Waals surface area contributed by atoms with Gasteiger partial charge in [-0.15, -0.1) is 0 Å². The van der Waals surface area contributed by atoms with E-state index in [4.69, 9.17) is 9.47 Å². The predicted octanol–water partition coefficient (Wildman–Crippen LogP) is 4.72. The molecule has 132 valence electrons. The zero-order valence-electron chi connectivity index (χ0n) is 14.8. The number of carbonyl (C=O) groups is 1. The fourth-order valence-corrected chi connectivity index (χ4v) is 2.93. The molecule has 3 rings (SSSR count). The molecule has 1 N–H and O–H groups in total. The molecule has 25 heavy (non-hydrogen) atoms. The van der Waals surface area contributed by atoms with Gasteiger partial charge in [0, 0.05) is 5.69 Å². The Kier molecular flexibility index (Phi) is 5.59. The van der Waals surface area contributed by atoms with Crippen molar-refractivity contribution >= 4 is 11.6 Å². The minimum Gasteiger partial charge on any atom is -0.490 e. The molecule has 1 saturated carbocycles. The number of anilines is 1.